The quantitative estimate of drug-likeness (QED) is 0.185. The Kier molecular flexibility index (Phi) is 5.98. The Morgan fingerprint density at radius 1 is 0.884 bits per heavy atom. The maximum atomic E-state index is 14.8. The highest BCUT2D eigenvalue weighted by atomic mass is 16.6. The first-order valence-corrected chi connectivity index (χ1v) is 13.8. The number of nitro benzene ring substituents is 1. The van der Waals surface area contributed by atoms with E-state index in [-0.39, 0.29) is 22.9 Å². The summed E-state index contributed by atoms with van der Waals surface area (Å²) in [5, 5.41) is 14.3. The lowest BCUT2D eigenvalue weighted by Gasteiger charge is -2.37. The van der Waals surface area contributed by atoms with Gasteiger partial charge in [-0.15, -0.1) is 0 Å². The average Bonchev–Trinajstić information content (AvgIpc) is 3.52. The fraction of sp³-hybridized carbons (Fsp3) is 0.147. The SMILES string of the molecule is COc1ccc(C(=O)[C@@H]2[C@@H](C(=O)c3ccc([N+](=O)[O-])cc3)N3c4ccccc4C=C[C@@H]3[C@@]23C(=O)Nc2ccccc23)cc1. The summed E-state index contributed by atoms with van der Waals surface area (Å²) in [6.45, 7) is 0. The number of nitrogens with zero attached hydrogens (tertiary/aromatic N) is 2. The third-order valence-electron chi connectivity index (χ3n) is 8.83. The van der Waals surface area contributed by atoms with E-state index in [1.165, 1.54) is 31.4 Å². The molecule has 3 aliphatic rings. The van der Waals surface area contributed by atoms with Gasteiger partial charge in [0, 0.05) is 34.6 Å². The van der Waals surface area contributed by atoms with Crippen molar-refractivity contribution in [3.05, 3.63) is 136 Å². The molecule has 1 fully saturated rings. The number of benzene rings is 4. The molecule has 0 bridgehead atoms. The number of nitro groups is 1. The molecule has 4 aromatic carbocycles. The molecule has 7 rings (SSSR count). The molecule has 0 aromatic heterocycles. The van der Waals surface area contributed by atoms with Crippen LogP contribution in [0.25, 0.3) is 6.08 Å². The zero-order chi connectivity index (χ0) is 29.9. The van der Waals surface area contributed by atoms with Gasteiger partial charge in [0.2, 0.25) is 5.91 Å². The number of anilines is 2. The third kappa shape index (κ3) is 3.74. The smallest absolute Gasteiger partial charge is 0.269 e. The highest BCUT2D eigenvalue weighted by Gasteiger charge is 2.70. The molecular formula is C34H25N3O6. The predicted molar refractivity (Wildman–Crippen MR) is 161 cm³/mol. The van der Waals surface area contributed by atoms with Crippen LogP contribution in [0.4, 0.5) is 17.1 Å². The highest BCUT2D eigenvalue weighted by molar-refractivity contribution is 6.18. The van der Waals surface area contributed by atoms with Crippen molar-refractivity contribution in [2.45, 2.75) is 17.5 Å². The molecule has 9 heteroatoms. The van der Waals surface area contributed by atoms with E-state index in [0.717, 1.165) is 11.3 Å². The lowest BCUT2D eigenvalue weighted by atomic mass is 9.64. The van der Waals surface area contributed by atoms with Gasteiger partial charge in [0.05, 0.1) is 24.0 Å². The molecule has 1 saturated heterocycles. The van der Waals surface area contributed by atoms with E-state index in [4.69, 9.17) is 4.74 Å². The van der Waals surface area contributed by atoms with E-state index >= 15 is 0 Å². The molecule has 4 aromatic rings. The number of carbonyl (C=O) groups is 3. The minimum absolute atomic E-state index is 0.154. The zero-order valence-electron chi connectivity index (χ0n) is 23.0. The third-order valence-corrected chi connectivity index (χ3v) is 8.83. The van der Waals surface area contributed by atoms with Crippen LogP contribution in [0.1, 0.15) is 31.8 Å². The number of non-ortho nitro benzene ring substituents is 1. The van der Waals surface area contributed by atoms with E-state index in [9.17, 15) is 24.5 Å². The molecular weight excluding hydrogens is 546 g/mol. The molecule has 0 radical (unpaired) electrons. The van der Waals surface area contributed by atoms with Crippen LogP contribution in [-0.4, -0.2) is 41.6 Å². The fourth-order valence-corrected chi connectivity index (χ4v) is 6.97. The van der Waals surface area contributed by atoms with Gasteiger partial charge in [0.15, 0.2) is 11.6 Å². The summed E-state index contributed by atoms with van der Waals surface area (Å²) in [4.78, 5) is 56.5. The molecule has 0 aliphatic carbocycles. The van der Waals surface area contributed by atoms with Crippen molar-refractivity contribution in [3.63, 3.8) is 0 Å². The largest absolute Gasteiger partial charge is 0.497 e. The molecule has 1 spiro atoms. The van der Waals surface area contributed by atoms with Gasteiger partial charge in [-0.2, -0.15) is 0 Å². The molecule has 4 atom stereocenters. The van der Waals surface area contributed by atoms with Gasteiger partial charge in [0.1, 0.15) is 17.2 Å². The second-order valence-corrected chi connectivity index (χ2v) is 10.8. The maximum absolute atomic E-state index is 14.8. The Bertz CT molecular complexity index is 1850. The van der Waals surface area contributed by atoms with Crippen molar-refractivity contribution in [1.82, 2.24) is 0 Å². The summed E-state index contributed by atoms with van der Waals surface area (Å²) >= 11 is 0. The molecule has 1 amide bonds. The Hall–Kier alpha value is -5.57. The standard InChI is InChI=1S/C34H25N3O6/c1-43-24-17-12-21(13-18-24)31(38)29-30(32(39)22-10-15-23(16-11-22)37(41)42)36-27-9-5-2-6-20(27)14-19-28(36)34(29)25-7-3-4-8-26(25)35-33(34)40/h2-19,28-30H,1H3,(H,35,40)/t28-,29+,30+,34-/m1/s1. The van der Waals surface area contributed by atoms with Crippen molar-refractivity contribution in [2.75, 3.05) is 17.3 Å². The van der Waals surface area contributed by atoms with Crippen LogP contribution in [0.2, 0.25) is 0 Å². The number of hydrogen-bond donors (Lipinski definition) is 1. The first kappa shape index (κ1) is 26.3. The predicted octanol–water partition coefficient (Wildman–Crippen LogP) is 5.46. The lowest BCUT2D eigenvalue weighted by molar-refractivity contribution is -0.384. The Labute approximate surface area is 246 Å². The molecule has 43 heavy (non-hydrogen) atoms. The van der Waals surface area contributed by atoms with E-state index in [1.54, 1.807) is 30.3 Å². The van der Waals surface area contributed by atoms with Gasteiger partial charge >= 0.3 is 0 Å². The summed E-state index contributed by atoms with van der Waals surface area (Å²) in [5.41, 5.74) is 1.74. The topological polar surface area (TPSA) is 119 Å². The number of ether oxygens (including phenoxy) is 1. The minimum Gasteiger partial charge on any atom is -0.497 e. The molecule has 212 valence electrons. The monoisotopic (exact) mass is 571 g/mol. The summed E-state index contributed by atoms with van der Waals surface area (Å²) in [6.07, 6.45) is 3.83. The Morgan fingerprint density at radius 2 is 1.53 bits per heavy atom. The fourth-order valence-electron chi connectivity index (χ4n) is 6.97. The molecule has 0 unspecified atom stereocenters. The number of Topliss-reactive ketones (excluding diaryl/α,β-unsaturated/α-hetero) is 2. The van der Waals surface area contributed by atoms with Crippen LogP contribution in [0.3, 0.4) is 0 Å². The Morgan fingerprint density at radius 3 is 2.26 bits per heavy atom. The van der Waals surface area contributed by atoms with Gasteiger partial charge < -0.3 is 15.0 Å². The number of amides is 1. The van der Waals surface area contributed by atoms with Crippen molar-refractivity contribution in [2.24, 2.45) is 5.92 Å². The lowest BCUT2D eigenvalue weighted by Crippen LogP contribution is -2.51. The number of fused-ring (bicyclic) bond motifs is 6. The van der Waals surface area contributed by atoms with Crippen molar-refractivity contribution in [3.8, 4) is 5.75 Å². The van der Waals surface area contributed by atoms with Gasteiger partial charge in [-0.05, 0) is 59.7 Å². The number of methoxy groups -OCH3 is 1. The van der Waals surface area contributed by atoms with E-state index < -0.39 is 34.1 Å². The first-order chi connectivity index (χ1) is 20.9. The van der Waals surface area contributed by atoms with Crippen LogP contribution in [-0.2, 0) is 10.2 Å². The van der Waals surface area contributed by atoms with Crippen LogP contribution in [0.15, 0.2) is 103 Å². The molecule has 1 N–H and O–H groups in total. The summed E-state index contributed by atoms with van der Waals surface area (Å²) in [7, 11) is 1.53. The number of ketones is 2. The van der Waals surface area contributed by atoms with Crippen LogP contribution in [0, 0.1) is 16.0 Å². The first-order valence-electron chi connectivity index (χ1n) is 13.8. The second kappa shape index (κ2) is 9.77. The summed E-state index contributed by atoms with van der Waals surface area (Å²) in [6, 6.07) is 25.0. The van der Waals surface area contributed by atoms with Crippen LogP contribution < -0.4 is 15.0 Å². The van der Waals surface area contributed by atoms with E-state index in [1.807, 2.05) is 59.5 Å². The number of hydrogen-bond acceptors (Lipinski definition) is 7. The zero-order valence-corrected chi connectivity index (χ0v) is 23.0. The van der Waals surface area contributed by atoms with Crippen molar-refractivity contribution in [1.29, 1.82) is 0 Å². The summed E-state index contributed by atoms with van der Waals surface area (Å²) < 4.78 is 5.30. The maximum Gasteiger partial charge on any atom is 0.269 e. The number of rotatable bonds is 6. The number of carbonyl (C=O) groups excluding carboxylic acids is 3. The second-order valence-electron chi connectivity index (χ2n) is 10.8. The van der Waals surface area contributed by atoms with Crippen molar-refractivity contribution >= 4 is 40.6 Å². The minimum atomic E-state index is -1.45. The van der Waals surface area contributed by atoms with E-state index in [2.05, 4.69) is 5.32 Å². The van der Waals surface area contributed by atoms with Gasteiger partial charge in [-0.1, -0.05) is 48.6 Å². The molecule has 9 nitrogen and oxygen atoms in total. The number of para-hydroxylation sites is 2. The summed E-state index contributed by atoms with van der Waals surface area (Å²) in [5.74, 6) is -1.72. The van der Waals surface area contributed by atoms with Gasteiger partial charge in [-0.25, -0.2) is 0 Å². The molecule has 3 heterocycles. The average molecular weight is 572 g/mol. The molecule has 0 saturated carbocycles. The van der Waals surface area contributed by atoms with E-state index in [0.29, 0.717) is 22.6 Å². The van der Waals surface area contributed by atoms with Crippen molar-refractivity contribution < 1.29 is 24.0 Å². The van der Waals surface area contributed by atoms with Gasteiger partial charge in [0.25, 0.3) is 5.69 Å². The van der Waals surface area contributed by atoms with Crippen LogP contribution >= 0.6 is 0 Å². The molecule has 3 aliphatic heterocycles. The normalized spacial score (nSPS) is 22.9. The number of nitrogens with one attached hydrogen (secondary N) is 1. The van der Waals surface area contributed by atoms with Gasteiger partial charge in [-0.3, -0.25) is 24.5 Å². The van der Waals surface area contributed by atoms with Crippen LogP contribution in [0.5, 0.6) is 5.75 Å². The highest BCUT2D eigenvalue weighted by Crippen LogP contribution is 2.58. The Balaban J connectivity index is 1.50.